The van der Waals surface area contributed by atoms with Crippen LogP contribution in [0.15, 0.2) is 65.1 Å². The zero-order chi connectivity index (χ0) is 17.1. The molecule has 0 aliphatic heterocycles. The third-order valence-corrected chi connectivity index (χ3v) is 4.13. The summed E-state index contributed by atoms with van der Waals surface area (Å²) in [6, 6.07) is 19.4. The van der Waals surface area contributed by atoms with Gasteiger partial charge in [-0.1, -0.05) is 30.3 Å². The number of hydrogen-bond donors (Lipinski definition) is 1. The van der Waals surface area contributed by atoms with Crippen LogP contribution in [0.5, 0.6) is 5.75 Å². The van der Waals surface area contributed by atoms with Gasteiger partial charge in [-0.25, -0.2) is 0 Å². The average Bonchev–Trinajstić information content (AvgIpc) is 3.10. The number of tetrazole rings is 1. The maximum absolute atomic E-state index is 5.85. The van der Waals surface area contributed by atoms with Crippen LogP contribution in [-0.2, 0) is 6.61 Å². The number of halogens is 1. The molecule has 0 spiro atoms. The number of aromatic nitrogens is 5. The topological polar surface area (TPSA) is 77.2 Å². The van der Waals surface area contributed by atoms with Crippen molar-refractivity contribution in [3.8, 4) is 5.75 Å². The summed E-state index contributed by atoms with van der Waals surface area (Å²) in [7, 11) is 0. The van der Waals surface area contributed by atoms with E-state index >= 15 is 0 Å². The minimum Gasteiger partial charge on any atom is -0.488 e. The average molecular weight is 397 g/mol. The molecule has 8 heteroatoms. The smallest absolute Gasteiger partial charge is 0.200 e. The van der Waals surface area contributed by atoms with Gasteiger partial charge in [0.05, 0.1) is 4.47 Å². The first kappa shape index (κ1) is 15.5. The maximum Gasteiger partial charge on any atom is 0.200 e. The van der Waals surface area contributed by atoms with Crippen LogP contribution in [0.25, 0.3) is 5.65 Å². The number of ether oxygens (including phenoxy) is 1. The van der Waals surface area contributed by atoms with Gasteiger partial charge in [0, 0.05) is 5.69 Å². The van der Waals surface area contributed by atoms with Gasteiger partial charge < -0.3 is 10.1 Å². The molecule has 25 heavy (non-hydrogen) atoms. The Morgan fingerprint density at radius 1 is 1.04 bits per heavy atom. The van der Waals surface area contributed by atoms with Crippen LogP contribution in [0.4, 0.5) is 11.5 Å². The van der Waals surface area contributed by atoms with Gasteiger partial charge in [-0.3, -0.25) is 0 Å². The van der Waals surface area contributed by atoms with E-state index in [2.05, 4.69) is 41.9 Å². The lowest BCUT2D eigenvalue weighted by Crippen LogP contribution is -2.00. The van der Waals surface area contributed by atoms with E-state index in [1.54, 1.807) is 6.07 Å². The maximum atomic E-state index is 5.85. The van der Waals surface area contributed by atoms with Crippen LogP contribution in [0.1, 0.15) is 5.56 Å². The summed E-state index contributed by atoms with van der Waals surface area (Å²) in [4.78, 5) is 0. The van der Waals surface area contributed by atoms with Crippen LogP contribution in [0.3, 0.4) is 0 Å². The van der Waals surface area contributed by atoms with Crippen LogP contribution in [0, 0.1) is 0 Å². The molecule has 4 aromatic rings. The van der Waals surface area contributed by atoms with Crippen LogP contribution in [-0.4, -0.2) is 25.3 Å². The Morgan fingerprint density at radius 2 is 1.92 bits per heavy atom. The van der Waals surface area contributed by atoms with E-state index in [0.717, 1.165) is 21.5 Å². The van der Waals surface area contributed by atoms with E-state index < -0.39 is 0 Å². The molecule has 0 radical (unpaired) electrons. The fraction of sp³-hybridized carbons (Fsp3) is 0.0588. The first-order valence-corrected chi connectivity index (χ1v) is 8.36. The molecule has 0 aliphatic rings. The summed E-state index contributed by atoms with van der Waals surface area (Å²) in [5.74, 6) is 1.42. The fourth-order valence-corrected chi connectivity index (χ4v) is 2.79. The second kappa shape index (κ2) is 6.86. The lowest BCUT2D eigenvalue weighted by molar-refractivity contribution is 0.304. The molecule has 7 nitrogen and oxygen atoms in total. The first-order chi connectivity index (χ1) is 12.3. The van der Waals surface area contributed by atoms with Crippen molar-refractivity contribution in [1.82, 2.24) is 25.3 Å². The Hall–Kier alpha value is -3.00. The molecule has 0 fully saturated rings. The second-order valence-electron chi connectivity index (χ2n) is 5.29. The van der Waals surface area contributed by atoms with Crippen molar-refractivity contribution in [2.75, 3.05) is 5.32 Å². The fourth-order valence-electron chi connectivity index (χ4n) is 2.30. The SMILES string of the molecule is Brc1cc(Nc2ccc3nnnn3n2)ccc1OCc1ccccc1. The molecule has 0 aliphatic carbocycles. The highest BCUT2D eigenvalue weighted by Crippen LogP contribution is 2.29. The Bertz CT molecular complexity index is 1000. The van der Waals surface area contributed by atoms with Gasteiger partial charge in [-0.2, -0.15) is 0 Å². The summed E-state index contributed by atoms with van der Waals surface area (Å²) in [5, 5.41) is 18.7. The number of anilines is 2. The number of rotatable bonds is 5. The molecule has 124 valence electrons. The summed E-state index contributed by atoms with van der Waals surface area (Å²) in [6.45, 7) is 0.518. The standard InChI is InChI=1S/C17H13BrN6O/c18-14-10-13(19-16-8-9-17-20-22-23-24(17)21-16)6-7-15(14)25-11-12-4-2-1-3-5-12/h1-10H,11H2,(H,19,21). The van der Waals surface area contributed by atoms with Gasteiger partial charge in [-0.15, -0.1) is 14.8 Å². The molecule has 0 saturated carbocycles. The second-order valence-corrected chi connectivity index (χ2v) is 6.14. The van der Waals surface area contributed by atoms with Crippen LogP contribution < -0.4 is 10.1 Å². The van der Waals surface area contributed by atoms with Gasteiger partial charge in [-0.05, 0) is 62.3 Å². The monoisotopic (exact) mass is 396 g/mol. The van der Waals surface area contributed by atoms with Gasteiger partial charge >= 0.3 is 0 Å². The molecule has 0 amide bonds. The van der Waals surface area contributed by atoms with Crippen LogP contribution >= 0.6 is 15.9 Å². The normalized spacial score (nSPS) is 10.8. The van der Waals surface area contributed by atoms with Gasteiger partial charge in [0.1, 0.15) is 12.4 Å². The molecule has 2 aromatic heterocycles. The summed E-state index contributed by atoms with van der Waals surface area (Å²) in [5.41, 5.74) is 2.59. The number of nitrogens with zero attached hydrogens (tertiary/aromatic N) is 5. The molecule has 4 rings (SSSR count). The van der Waals surface area contributed by atoms with Gasteiger partial charge in [0.25, 0.3) is 0 Å². The highest BCUT2D eigenvalue weighted by molar-refractivity contribution is 9.10. The van der Waals surface area contributed by atoms with E-state index in [1.165, 1.54) is 4.63 Å². The molecular formula is C17H13BrN6O. The highest BCUT2D eigenvalue weighted by atomic mass is 79.9. The summed E-state index contributed by atoms with van der Waals surface area (Å²) >= 11 is 3.54. The van der Waals surface area contributed by atoms with Crippen molar-refractivity contribution in [2.24, 2.45) is 0 Å². The minimum atomic E-state index is 0.518. The number of benzene rings is 2. The number of hydrogen-bond acceptors (Lipinski definition) is 6. The van der Waals surface area contributed by atoms with Gasteiger partial charge in [0.2, 0.25) is 0 Å². The molecule has 2 aromatic carbocycles. The van der Waals surface area contributed by atoms with E-state index in [0.29, 0.717) is 18.1 Å². The zero-order valence-corrected chi connectivity index (χ0v) is 14.6. The molecule has 0 atom stereocenters. The van der Waals surface area contributed by atoms with Crippen molar-refractivity contribution in [1.29, 1.82) is 0 Å². The Kier molecular flexibility index (Phi) is 4.26. The largest absolute Gasteiger partial charge is 0.488 e. The third-order valence-electron chi connectivity index (χ3n) is 3.51. The first-order valence-electron chi connectivity index (χ1n) is 7.57. The molecule has 1 N–H and O–H groups in total. The third kappa shape index (κ3) is 3.58. The minimum absolute atomic E-state index is 0.518. The number of fused-ring (bicyclic) bond motifs is 1. The van der Waals surface area contributed by atoms with Crippen molar-refractivity contribution in [2.45, 2.75) is 6.61 Å². The van der Waals surface area contributed by atoms with Crippen molar-refractivity contribution in [3.05, 3.63) is 70.7 Å². The number of nitrogens with one attached hydrogen (secondary N) is 1. The van der Waals surface area contributed by atoms with Gasteiger partial charge in [0.15, 0.2) is 11.5 Å². The van der Waals surface area contributed by atoms with E-state index in [4.69, 9.17) is 4.74 Å². The van der Waals surface area contributed by atoms with Crippen molar-refractivity contribution >= 4 is 33.1 Å². The van der Waals surface area contributed by atoms with Crippen molar-refractivity contribution in [3.63, 3.8) is 0 Å². The Balaban J connectivity index is 1.47. The molecule has 2 heterocycles. The lowest BCUT2D eigenvalue weighted by atomic mass is 10.2. The van der Waals surface area contributed by atoms with E-state index in [9.17, 15) is 0 Å². The highest BCUT2D eigenvalue weighted by Gasteiger charge is 2.06. The molecule has 0 saturated heterocycles. The molecule has 0 bridgehead atoms. The van der Waals surface area contributed by atoms with E-state index in [-0.39, 0.29) is 0 Å². The summed E-state index contributed by atoms with van der Waals surface area (Å²) in [6.07, 6.45) is 0. The Morgan fingerprint density at radius 3 is 2.76 bits per heavy atom. The Labute approximate surface area is 151 Å². The van der Waals surface area contributed by atoms with Crippen LogP contribution in [0.2, 0.25) is 0 Å². The molecule has 0 unspecified atom stereocenters. The van der Waals surface area contributed by atoms with E-state index in [1.807, 2.05) is 54.6 Å². The quantitative estimate of drug-likeness (QED) is 0.555. The lowest BCUT2D eigenvalue weighted by Gasteiger charge is -2.11. The van der Waals surface area contributed by atoms with Crippen molar-refractivity contribution < 1.29 is 4.74 Å². The predicted molar refractivity (Wildman–Crippen MR) is 96.8 cm³/mol. The zero-order valence-electron chi connectivity index (χ0n) is 13.0. The predicted octanol–water partition coefficient (Wildman–Crippen LogP) is 3.60. The summed E-state index contributed by atoms with van der Waals surface area (Å²) < 4.78 is 8.08. The molecular weight excluding hydrogens is 384 g/mol.